The number of carbonyl (C=O) groups is 1. The molecule has 0 saturated carbocycles. The van der Waals surface area contributed by atoms with Gasteiger partial charge in [-0.15, -0.1) is 5.10 Å². The van der Waals surface area contributed by atoms with Crippen LogP contribution in [0.4, 0.5) is 10.1 Å². The van der Waals surface area contributed by atoms with Crippen LogP contribution in [0.15, 0.2) is 66.1 Å². The summed E-state index contributed by atoms with van der Waals surface area (Å²) in [7, 11) is 3.03. The van der Waals surface area contributed by atoms with E-state index < -0.39 is 5.91 Å². The average molecular weight is 466 g/mol. The number of nitrogens with zero attached hydrogens (tertiary/aromatic N) is 5. The van der Waals surface area contributed by atoms with Crippen molar-refractivity contribution in [2.24, 2.45) is 0 Å². The molecule has 1 amide bonds. The third-order valence-electron chi connectivity index (χ3n) is 4.58. The van der Waals surface area contributed by atoms with Crippen molar-refractivity contribution in [2.75, 3.05) is 19.5 Å². The van der Waals surface area contributed by atoms with Crippen LogP contribution < -0.4 is 14.8 Å². The van der Waals surface area contributed by atoms with Crippen molar-refractivity contribution >= 4 is 23.4 Å². The summed E-state index contributed by atoms with van der Waals surface area (Å²) in [5.74, 6) is 0.448. The molecule has 1 N–H and O–H groups in total. The molecule has 0 aliphatic rings. The fourth-order valence-electron chi connectivity index (χ4n) is 2.98. The van der Waals surface area contributed by atoms with Gasteiger partial charge in [-0.05, 0) is 42.5 Å². The van der Waals surface area contributed by atoms with Crippen LogP contribution in [0.1, 0.15) is 16.2 Å². The largest absolute Gasteiger partial charge is 0.497 e. The van der Waals surface area contributed by atoms with Crippen LogP contribution in [-0.2, 0) is 5.75 Å². The molecule has 0 unspecified atom stereocenters. The Morgan fingerprint density at radius 2 is 1.85 bits per heavy atom. The Labute approximate surface area is 193 Å². The standard InChI is InChI=1S/C22H19FN6O3S/c1-31-16-8-9-19(32-2)17(12-16)26-21(30)20-18(13-33-22-24-10-3-11-25-22)29(28-27-20)15-6-4-14(23)5-7-15/h3-12H,13H2,1-2H3,(H,26,30). The summed E-state index contributed by atoms with van der Waals surface area (Å²) < 4.78 is 25.5. The second-order valence-corrected chi connectivity index (χ2v) is 7.56. The van der Waals surface area contributed by atoms with Gasteiger partial charge in [0.25, 0.3) is 5.91 Å². The number of hydrogen-bond donors (Lipinski definition) is 1. The molecule has 0 aliphatic carbocycles. The SMILES string of the molecule is COc1ccc(OC)c(NC(=O)c2nnn(-c3ccc(F)cc3)c2CSc2ncccn2)c1. The lowest BCUT2D eigenvalue weighted by molar-refractivity contribution is 0.102. The lowest BCUT2D eigenvalue weighted by Gasteiger charge is -2.12. The molecule has 11 heteroatoms. The molecular weight excluding hydrogens is 447 g/mol. The van der Waals surface area contributed by atoms with E-state index in [0.717, 1.165) is 0 Å². The smallest absolute Gasteiger partial charge is 0.278 e. The van der Waals surface area contributed by atoms with Gasteiger partial charge < -0.3 is 14.8 Å². The second kappa shape index (κ2) is 10.1. The number of aromatic nitrogens is 5. The molecule has 2 aromatic carbocycles. The zero-order chi connectivity index (χ0) is 23.2. The molecule has 0 radical (unpaired) electrons. The van der Waals surface area contributed by atoms with Crippen molar-refractivity contribution < 1.29 is 18.7 Å². The summed E-state index contributed by atoms with van der Waals surface area (Å²) in [5, 5.41) is 11.6. The molecule has 0 fully saturated rings. The fraction of sp³-hybridized carbons (Fsp3) is 0.136. The minimum atomic E-state index is -0.487. The third-order valence-corrected chi connectivity index (χ3v) is 5.47. The molecule has 2 heterocycles. The molecule has 4 aromatic rings. The number of ether oxygens (including phenoxy) is 2. The Morgan fingerprint density at radius 3 is 2.55 bits per heavy atom. The van der Waals surface area contributed by atoms with Crippen molar-refractivity contribution in [2.45, 2.75) is 10.9 Å². The number of thioether (sulfide) groups is 1. The molecule has 33 heavy (non-hydrogen) atoms. The minimum absolute atomic E-state index is 0.104. The highest BCUT2D eigenvalue weighted by molar-refractivity contribution is 7.98. The van der Waals surface area contributed by atoms with Crippen molar-refractivity contribution in [3.8, 4) is 17.2 Å². The van der Waals surface area contributed by atoms with E-state index in [2.05, 4.69) is 25.6 Å². The number of benzene rings is 2. The molecule has 0 saturated heterocycles. The van der Waals surface area contributed by atoms with Crippen LogP contribution in [0, 0.1) is 5.82 Å². The van der Waals surface area contributed by atoms with E-state index in [1.54, 1.807) is 48.8 Å². The Bertz CT molecular complexity index is 1250. The van der Waals surface area contributed by atoms with E-state index >= 15 is 0 Å². The molecule has 2 aromatic heterocycles. The number of carbonyl (C=O) groups excluding carboxylic acids is 1. The lowest BCUT2D eigenvalue weighted by atomic mass is 10.2. The maximum atomic E-state index is 13.4. The highest BCUT2D eigenvalue weighted by atomic mass is 32.2. The van der Waals surface area contributed by atoms with Gasteiger partial charge in [-0.1, -0.05) is 17.0 Å². The Balaban J connectivity index is 1.68. The van der Waals surface area contributed by atoms with E-state index in [1.165, 1.54) is 42.8 Å². The normalized spacial score (nSPS) is 10.6. The molecule has 0 spiro atoms. The Kier molecular flexibility index (Phi) is 6.79. The second-order valence-electron chi connectivity index (χ2n) is 6.61. The summed E-state index contributed by atoms with van der Waals surface area (Å²) >= 11 is 1.32. The highest BCUT2D eigenvalue weighted by Crippen LogP contribution is 2.30. The molecule has 4 rings (SSSR count). The van der Waals surface area contributed by atoms with Gasteiger partial charge in [0.15, 0.2) is 10.9 Å². The Morgan fingerprint density at radius 1 is 1.09 bits per heavy atom. The highest BCUT2D eigenvalue weighted by Gasteiger charge is 2.22. The van der Waals surface area contributed by atoms with Gasteiger partial charge in [0.2, 0.25) is 0 Å². The maximum absolute atomic E-state index is 13.4. The number of anilines is 1. The average Bonchev–Trinajstić information content (AvgIpc) is 3.28. The predicted octanol–water partition coefficient (Wildman–Crippen LogP) is 3.76. The first-order valence-electron chi connectivity index (χ1n) is 9.72. The van der Waals surface area contributed by atoms with Crippen LogP contribution in [0.5, 0.6) is 11.5 Å². The fourth-order valence-corrected chi connectivity index (χ4v) is 3.78. The first-order chi connectivity index (χ1) is 16.1. The summed E-state index contributed by atoms with van der Waals surface area (Å²) in [6, 6.07) is 12.5. The first kappa shape index (κ1) is 22.2. The van der Waals surface area contributed by atoms with E-state index in [9.17, 15) is 9.18 Å². The number of amides is 1. The molecular formula is C22H19FN6O3S. The van der Waals surface area contributed by atoms with E-state index in [4.69, 9.17) is 9.47 Å². The Hall–Kier alpha value is -3.99. The monoisotopic (exact) mass is 466 g/mol. The van der Waals surface area contributed by atoms with Crippen molar-refractivity contribution in [3.63, 3.8) is 0 Å². The lowest BCUT2D eigenvalue weighted by Crippen LogP contribution is -2.16. The van der Waals surface area contributed by atoms with Crippen molar-refractivity contribution in [1.82, 2.24) is 25.0 Å². The van der Waals surface area contributed by atoms with Gasteiger partial charge in [0.05, 0.1) is 31.3 Å². The summed E-state index contributed by atoms with van der Waals surface area (Å²) in [4.78, 5) is 21.6. The van der Waals surface area contributed by atoms with Crippen molar-refractivity contribution in [3.05, 3.63) is 78.1 Å². The van der Waals surface area contributed by atoms with Crippen molar-refractivity contribution in [1.29, 1.82) is 0 Å². The number of halogens is 1. The van der Waals surface area contributed by atoms with Gasteiger partial charge in [-0.2, -0.15) is 0 Å². The molecule has 0 bridgehead atoms. The number of nitrogens with one attached hydrogen (secondary N) is 1. The summed E-state index contributed by atoms with van der Waals surface area (Å²) in [6.07, 6.45) is 3.26. The molecule has 0 atom stereocenters. The van der Waals surface area contributed by atoms with Crippen LogP contribution in [0.25, 0.3) is 5.69 Å². The molecule has 9 nitrogen and oxygen atoms in total. The van der Waals surface area contributed by atoms with Gasteiger partial charge in [-0.25, -0.2) is 19.0 Å². The zero-order valence-corrected chi connectivity index (χ0v) is 18.5. The molecule has 168 valence electrons. The number of rotatable bonds is 8. The van der Waals surface area contributed by atoms with E-state index in [0.29, 0.717) is 39.5 Å². The number of methoxy groups -OCH3 is 2. The maximum Gasteiger partial charge on any atom is 0.278 e. The van der Waals surface area contributed by atoms with Crippen LogP contribution >= 0.6 is 11.8 Å². The zero-order valence-electron chi connectivity index (χ0n) is 17.7. The van der Waals surface area contributed by atoms with Crippen LogP contribution in [0.3, 0.4) is 0 Å². The summed E-state index contributed by atoms with van der Waals surface area (Å²) in [5.41, 5.74) is 1.58. The predicted molar refractivity (Wildman–Crippen MR) is 120 cm³/mol. The topological polar surface area (TPSA) is 104 Å². The quantitative estimate of drug-likeness (QED) is 0.309. The third kappa shape index (κ3) is 5.09. The number of hydrogen-bond acceptors (Lipinski definition) is 8. The van der Waals surface area contributed by atoms with E-state index in [1.807, 2.05) is 0 Å². The van der Waals surface area contributed by atoms with Gasteiger partial charge in [0.1, 0.15) is 17.3 Å². The van der Waals surface area contributed by atoms with Crippen LogP contribution in [0.2, 0.25) is 0 Å². The van der Waals surface area contributed by atoms with Gasteiger partial charge in [0, 0.05) is 24.2 Å². The van der Waals surface area contributed by atoms with E-state index in [-0.39, 0.29) is 11.5 Å². The van der Waals surface area contributed by atoms with Crippen LogP contribution in [-0.4, -0.2) is 45.1 Å². The van der Waals surface area contributed by atoms with Gasteiger partial charge >= 0.3 is 0 Å². The molecule has 0 aliphatic heterocycles. The minimum Gasteiger partial charge on any atom is -0.497 e. The van der Waals surface area contributed by atoms with Gasteiger partial charge in [-0.3, -0.25) is 4.79 Å². The first-order valence-corrected chi connectivity index (χ1v) is 10.7. The summed E-state index contributed by atoms with van der Waals surface area (Å²) in [6.45, 7) is 0.